The predicted octanol–water partition coefficient (Wildman–Crippen LogP) is 3.10. The summed E-state index contributed by atoms with van der Waals surface area (Å²) in [5, 5.41) is 11.4. The van der Waals surface area contributed by atoms with Crippen LogP contribution in [0.1, 0.15) is 32.3 Å². The van der Waals surface area contributed by atoms with Crippen molar-refractivity contribution in [2.75, 3.05) is 25.6 Å². The van der Waals surface area contributed by atoms with Crippen LogP contribution in [0.15, 0.2) is 34.0 Å². The van der Waals surface area contributed by atoms with Crippen LogP contribution in [0.25, 0.3) is 0 Å². The fourth-order valence-electron chi connectivity index (χ4n) is 4.75. The summed E-state index contributed by atoms with van der Waals surface area (Å²) in [6, 6.07) is 5.17. The lowest BCUT2D eigenvalue weighted by atomic mass is 9.59. The Morgan fingerprint density at radius 3 is 2.74 bits per heavy atom. The van der Waals surface area contributed by atoms with Gasteiger partial charge in [-0.05, 0) is 29.2 Å². The van der Waals surface area contributed by atoms with Crippen LogP contribution in [0.2, 0.25) is 0 Å². The number of halogens is 1. The number of methoxy groups -OCH3 is 1. The summed E-state index contributed by atoms with van der Waals surface area (Å²) in [6.45, 7) is 3.97. The van der Waals surface area contributed by atoms with Crippen molar-refractivity contribution in [2.24, 2.45) is 11.3 Å². The third kappa shape index (κ3) is 3.30. The quantitative estimate of drug-likeness (QED) is 0.494. The van der Waals surface area contributed by atoms with E-state index in [1.807, 2.05) is 13.8 Å². The number of hydrogen-bond donors (Lipinski definition) is 2. The average molecular weight is 491 g/mol. The van der Waals surface area contributed by atoms with Gasteiger partial charge < -0.3 is 19.5 Å². The lowest BCUT2D eigenvalue weighted by molar-refractivity contribution is -0.152. The van der Waals surface area contributed by atoms with E-state index in [0.29, 0.717) is 22.1 Å². The van der Waals surface area contributed by atoms with Gasteiger partial charge in [-0.25, -0.2) is 0 Å². The molecule has 2 heterocycles. The summed E-state index contributed by atoms with van der Waals surface area (Å²) in [7, 11) is 1.47. The molecule has 0 fully saturated rings. The van der Waals surface area contributed by atoms with Crippen molar-refractivity contribution in [3.8, 4) is 0 Å². The van der Waals surface area contributed by atoms with Crippen molar-refractivity contribution in [3.05, 3.63) is 39.6 Å². The van der Waals surface area contributed by atoms with E-state index in [1.165, 1.54) is 7.11 Å². The number of ketones is 1. The largest absolute Gasteiger partial charge is 0.463 e. The first kappa shape index (κ1) is 21.7. The molecule has 1 amide bonds. The number of rotatable bonds is 4. The summed E-state index contributed by atoms with van der Waals surface area (Å²) in [4.78, 5) is 40.2. The molecule has 31 heavy (non-hydrogen) atoms. The molecule has 2 unspecified atom stereocenters. The van der Waals surface area contributed by atoms with E-state index in [4.69, 9.17) is 19.6 Å². The van der Waals surface area contributed by atoms with E-state index >= 15 is 0 Å². The molecule has 0 radical (unpaired) electrons. The van der Waals surface area contributed by atoms with E-state index in [0.717, 1.165) is 0 Å². The van der Waals surface area contributed by atoms with Gasteiger partial charge in [-0.2, -0.15) is 0 Å². The third-order valence-electron chi connectivity index (χ3n) is 5.94. The molecule has 2 atom stereocenters. The molecule has 0 saturated carbocycles. The van der Waals surface area contributed by atoms with E-state index in [9.17, 15) is 14.4 Å². The van der Waals surface area contributed by atoms with Crippen molar-refractivity contribution < 1.29 is 28.6 Å². The van der Waals surface area contributed by atoms with Gasteiger partial charge in [-0.15, -0.1) is 0 Å². The van der Waals surface area contributed by atoms with Gasteiger partial charge in [-0.1, -0.05) is 29.8 Å². The molecule has 0 aromatic heterocycles. The zero-order valence-corrected chi connectivity index (χ0v) is 19.1. The second-order valence-electron chi connectivity index (χ2n) is 8.75. The van der Waals surface area contributed by atoms with Gasteiger partial charge in [-0.3, -0.25) is 19.8 Å². The number of amides is 1. The minimum Gasteiger partial charge on any atom is -0.463 e. The van der Waals surface area contributed by atoms with Crippen LogP contribution in [0.3, 0.4) is 0 Å². The van der Waals surface area contributed by atoms with Gasteiger partial charge in [0.25, 0.3) is 0 Å². The molecular weight excluding hydrogens is 468 g/mol. The first-order chi connectivity index (χ1) is 14.6. The Bertz CT molecular complexity index is 1050. The number of Topliss-reactive ketones (excluding diaryl/α,β-unsaturated/α-hetero) is 1. The molecule has 3 aliphatic rings. The molecular formula is C22H23BrN2O6. The average Bonchev–Trinajstić information content (AvgIpc) is 2.92. The van der Waals surface area contributed by atoms with Crippen LogP contribution in [0.5, 0.6) is 0 Å². The Hall–Kier alpha value is -2.52. The zero-order valence-electron chi connectivity index (χ0n) is 17.5. The summed E-state index contributed by atoms with van der Waals surface area (Å²) < 4.78 is 16.7. The third-order valence-corrected chi connectivity index (χ3v) is 6.43. The second kappa shape index (κ2) is 7.56. The maximum atomic E-state index is 13.6. The highest BCUT2D eigenvalue weighted by molar-refractivity contribution is 9.10. The monoisotopic (exact) mass is 490 g/mol. The van der Waals surface area contributed by atoms with E-state index < -0.39 is 34.5 Å². The zero-order chi connectivity index (χ0) is 22.6. The highest BCUT2D eigenvalue weighted by Gasteiger charge is 2.66. The minimum absolute atomic E-state index is 0.0466. The highest BCUT2D eigenvalue weighted by atomic mass is 79.9. The van der Waals surface area contributed by atoms with Crippen LogP contribution in [-0.4, -0.2) is 43.9 Å². The summed E-state index contributed by atoms with van der Waals surface area (Å²) in [5.74, 6) is -3.18. The van der Waals surface area contributed by atoms with Gasteiger partial charge >= 0.3 is 5.97 Å². The topological polar surface area (TPSA) is 115 Å². The number of hydrogen-bond acceptors (Lipinski definition) is 7. The number of benzene rings is 1. The Kier molecular flexibility index (Phi) is 5.29. The number of allylic oxidation sites excluding steroid dienone is 1. The van der Waals surface area contributed by atoms with Crippen LogP contribution in [0, 0.1) is 16.7 Å². The first-order valence-corrected chi connectivity index (χ1v) is 10.7. The maximum absolute atomic E-state index is 13.6. The number of nitrogens with one attached hydrogen (secondary N) is 2. The van der Waals surface area contributed by atoms with E-state index in [1.54, 1.807) is 18.2 Å². The van der Waals surface area contributed by atoms with Crippen molar-refractivity contribution >= 4 is 45.2 Å². The molecule has 1 aromatic rings. The molecule has 1 aliphatic carbocycles. The minimum atomic E-state index is -1.72. The van der Waals surface area contributed by atoms with E-state index in [2.05, 4.69) is 21.2 Å². The number of ether oxygens (including phenoxy) is 3. The molecule has 9 heteroatoms. The van der Waals surface area contributed by atoms with Gasteiger partial charge in [0.15, 0.2) is 11.7 Å². The van der Waals surface area contributed by atoms with Gasteiger partial charge in [0.1, 0.15) is 17.8 Å². The Morgan fingerprint density at radius 2 is 2.03 bits per heavy atom. The van der Waals surface area contributed by atoms with Gasteiger partial charge in [0, 0.05) is 30.1 Å². The number of fused-ring (bicyclic) bond motifs is 3. The molecule has 2 aliphatic heterocycles. The van der Waals surface area contributed by atoms with Crippen molar-refractivity contribution in [1.29, 1.82) is 5.41 Å². The lowest BCUT2D eigenvalue weighted by Crippen LogP contribution is -2.57. The molecule has 1 aromatic carbocycles. The first-order valence-electron chi connectivity index (χ1n) is 9.92. The molecule has 4 rings (SSSR count). The Balaban J connectivity index is 1.97. The number of esters is 1. The fourth-order valence-corrected chi connectivity index (χ4v) is 5.11. The summed E-state index contributed by atoms with van der Waals surface area (Å²) in [5.41, 5.74) is -1.03. The van der Waals surface area contributed by atoms with Crippen LogP contribution in [0.4, 0.5) is 5.69 Å². The summed E-state index contributed by atoms with van der Waals surface area (Å²) in [6.07, 6.45) is 0.576. The van der Waals surface area contributed by atoms with E-state index in [-0.39, 0.29) is 36.8 Å². The lowest BCUT2D eigenvalue weighted by Gasteiger charge is -2.44. The molecule has 164 valence electrons. The van der Waals surface area contributed by atoms with Crippen molar-refractivity contribution in [1.82, 2.24) is 0 Å². The normalized spacial score (nSPS) is 26.3. The number of anilines is 1. The van der Waals surface area contributed by atoms with Crippen LogP contribution >= 0.6 is 15.9 Å². The summed E-state index contributed by atoms with van der Waals surface area (Å²) >= 11 is 3.42. The predicted molar refractivity (Wildman–Crippen MR) is 115 cm³/mol. The highest BCUT2D eigenvalue weighted by Crippen LogP contribution is 2.56. The maximum Gasteiger partial charge on any atom is 0.320 e. The van der Waals surface area contributed by atoms with Gasteiger partial charge in [0.05, 0.1) is 12.2 Å². The van der Waals surface area contributed by atoms with Gasteiger partial charge in [0.2, 0.25) is 11.8 Å². The molecule has 8 nitrogen and oxygen atoms in total. The van der Waals surface area contributed by atoms with Crippen LogP contribution in [-0.2, 0) is 34.0 Å². The SMILES string of the molecule is COCCOC(=O)C1C(=N)OC2=C(C(=O)CC(C)(C)C2)C12C(=O)Nc1ccc(Br)cc12. The van der Waals surface area contributed by atoms with Crippen LogP contribution < -0.4 is 5.32 Å². The second-order valence-corrected chi connectivity index (χ2v) is 9.67. The fraction of sp³-hybridized carbons (Fsp3) is 0.455. The Labute approximate surface area is 187 Å². The number of carbonyl (C=O) groups excluding carboxylic acids is 3. The Morgan fingerprint density at radius 1 is 1.29 bits per heavy atom. The molecule has 0 bridgehead atoms. The molecule has 1 spiro atoms. The molecule has 0 saturated heterocycles. The smallest absolute Gasteiger partial charge is 0.320 e. The van der Waals surface area contributed by atoms with Crippen molar-refractivity contribution in [3.63, 3.8) is 0 Å². The van der Waals surface area contributed by atoms with Crippen molar-refractivity contribution in [2.45, 2.75) is 32.1 Å². The molecule has 2 N–H and O–H groups in total. The number of carbonyl (C=O) groups is 3. The standard InChI is InChI=1S/C22H23BrN2O6/c1-21(2)9-14(26)16-15(10-21)31-18(24)17(19(27)30-7-6-29-3)22(16)12-8-11(23)4-5-13(12)25-20(22)28/h4-5,8,17,24H,6-7,9-10H2,1-3H3,(H,25,28).